The molecule has 1 saturated heterocycles. The number of nitrogens with zero attached hydrogens (tertiary/aromatic N) is 1. The number of amides is 5. The van der Waals surface area contributed by atoms with E-state index in [0.717, 1.165) is 48.3 Å². The molecule has 1 aliphatic heterocycles. The maximum absolute atomic E-state index is 13.5. The van der Waals surface area contributed by atoms with Crippen LogP contribution in [0.5, 0.6) is 5.75 Å². The number of methoxy groups -OCH3 is 1. The summed E-state index contributed by atoms with van der Waals surface area (Å²) < 4.78 is 5.27. The molecule has 0 bridgehead atoms. The lowest BCUT2D eigenvalue weighted by Gasteiger charge is -2.36. The first-order valence-electron chi connectivity index (χ1n) is 11.9. The molecule has 5 amide bonds. The van der Waals surface area contributed by atoms with Crippen LogP contribution < -0.4 is 20.7 Å². The average molecular weight is 479 g/mol. The van der Waals surface area contributed by atoms with E-state index in [1.807, 2.05) is 24.3 Å². The molecule has 3 N–H and O–H groups in total. The molecule has 0 unspecified atom stereocenters. The molecule has 2 aromatic carbocycles. The second-order valence-electron chi connectivity index (χ2n) is 8.91. The zero-order chi connectivity index (χ0) is 24.8. The summed E-state index contributed by atoms with van der Waals surface area (Å²) in [6.45, 7) is -0.00846. The lowest BCUT2D eigenvalue weighted by molar-refractivity contribution is -0.125. The number of hydrogen-bond donors (Lipinski definition) is 3. The van der Waals surface area contributed by atoms with Crippen LogP contribution in [0.2, 0.25) is 0 Å². The summed E-state index contributed by atoms with van der Waals surface area (Å²) in [4.78, 5) is 49.9. The van der Waals surface area contributed by atoms with Gasteiger partial charge in [-0.15, -0.1) is 0 Å². The lowest BCUT2D eigenvalue weighted by Crippen LogP contribution is -2.42. The number of imide groups is 1. The third kappa shape index (κ3) is 5.45. The van der Waals surface area contributed by atoms with E-state index in [9.17, 15) is 19.2 Å². The van der Waals surface area contributed by atoms with Gasteiger partial charge in [0, 0.05) is 24.3 Å². The molecule has 4 rings (SSSR count). The summed E-state index contributed by atoms with van der Waals surface area (Å²) in [7, 11) is 1.62. The van der Waals surface area contributed by atoms with Gasteiger partial charge in [-0.1, -0.05) is 31.4 Å². The predicted octanol–water partition coefficient (Wildman–Crippen LogP) is 3.42. The number of carbonyl (C=O) groups excluding carboxylic acids is 4. The number of ether oxygens (including phenoxy) is 1. The van der Waals surface area contributed by atoms with Crippen LogP contribution in [0.15, 0.2) is 48.5 Å². The van der Waals surface area contributed by atoms with Gasteiger partial charge in [0.25, 0.3) is 0 Å². The van der Waals surface area contributed by atoms with E-state index < -0.39 is 11.4 Å². The number of rotatable bonds is 8. The van der Waals surface area contributed by atoms with Gasteiger partial charge in [0.05, 0.1) is 19.1 Å². The summed E-state index contributed by atoms with van der Waals surface area (Å²) in [6, 6.07) is 14.2. The predicted molar refractivity (Wildman–Crippen MR) is 131 cm³/mol. The second kappa shape index (κ2) is 10.6. The lowest BCUT2D eigenvalue weighted by atomic mass is 9.68. The molecule has 0 aromatic heterocycles. The molecule has 0 spiro atoms. The van der Waals surface area contributed by atoms with Crippen molar-refractivity contribution in [3.63, 3.8) is 0 Å². The van der Waals surface area contributed by atoms with E-state index >= 15 is 0 Å². The Morgan fingerprint density at radius 3 is 2.14 bits per heavy atom. The minimum absolute atomic E-state index is 0.00201. The van der Waals surface area contributed by atoms with Crippen molar-refractivity contribution in [2.45, 2.75) is 43.9 Å². The Bertz CT molecular complexity index is 1080. The molecule has 2 aromatic rings. The van der Waals surface area contributed by atoms with E-state index in [1.54, 1.807) is 31.4 Å². The topological polar surface area (TPSA) is 117 Å². The maximum atomic E-state index is 13.5. The number of hydrogen-bond acceptors (Lipinski definition) is 5. The highest BCUT2D eigenvalue weighted by Gasteiger charge is 2.41. The first-order chi connectivity index (χ1) is 16.9. The van der Waals surface area contributed by atoms with Crippen LogP contribution in [0.4, 0.5) is 16.2 Å². The summed E-state index contributed by atoms with van der Waals surface area (Å²) in [6.07, 6.45) is 4.69. The summed E-state index contributed by atoms with van der Waals surface area (Å²) in [5.41, 5.74) is 1.61. The fourth-order valence-electron chi connectivity index (χ4n) is 4.72. The smallest absolute Gasteiger partial charge is 0.324 e. The second-order valence-corrected chi connectivity index (χ2v) is 8.91. The van der Waals surface area contributed by atoms with Crippen molar-refractivity contribution in [2.24, 2.45) is 0 Å². The van der Waals surface area contributed by atoms with Gasteiger partial charge in [-0.3, -0.25) is 19.3 Å². The first kappa shape index (κ1) is 24.3. The number of benzene rings is 2. The number of urea groups is 1. The van der Waals surface area contributed by atoms with Crippen molar-refractivity contribution in [2.75, 3.05) is 30.8 Å². The van der Waals surface area contributed by atoms with Crippen molar-refractivity contribution in [3.05, 3.63) is 54.1 Å². The van der Waals surface area contributed by atoms with Gasteiger partial charge in [-0.2, -0.15) is 0 Å². The molecule has 35 heavy (non-hydrogen) atoms. The Labute approximate surface area is 204 Å². The van der Waals surface area contributed by atoms with Crippen LogP contribution in [-0.4, -0.2) is 48.9 Å². The van der Waals surface area contributed by atoms with Crippen LogP contribution in [0.3, 0.4) is 0 Å². The standard InChI is InChI=1S/C26H30N4O5/c1-35-21-11-5-18(6-12-21)26(14-3-2-4-15-26)24(33)29-20-9-7-19(8-10-20)28-22(31)13-16-30-23(32)17-27-25(30)34/h5-12H,2-4,13-17H2,1H3,(H,27,34)(H,28,31)(H,29,33). The monoisotopic (exact) mass is 478 g/mol. The number of nitrogens with one attached hydrogen (secondary N) is 3. The van der Waals surface area contributed by atoms with Gasteiger partial charge in [0.2, 0.25) is 17.7 Å². The largest absolute Gasteiger partial charge is 0.497 e. The summed E-state index contributed by atoms with van der Waals surface area (Å²) >= 11 is 0. The number of carbonyl (C=O) groups is 4. The zero-order valence-electron chi connectivity index (χ0n) is 19.8. The molecule has 9 nitrogen and oxygen atoms in total. The highest BCUT2D eigenvalue weighted by atomic mass is 16.5. The highest BCUT2D eigenvalue weighted by molar-refractivity contribution is 6.02. The minimum Gasteiger partial charge on any atom is -0.497 e. The van der Waals surface area contributed by atoms with Crippen LogP contribution in [0, 0.1) is 0 Å². The van der Waals surface area contributed by atoms with Crippen molar-refractivity contribution in [3.8, 4) is 5.75 Å². The van der Waals surface area contributed by atoms with Crippen LogP contribution in [0.1, 0.15) is 44.1 Å². The highest BCUT2D eigenvalue weighted by Crippen LogP contribution is 2.41. The molecular weight excluding hydrogens is 448 g/mol. The summed E-state index contributed by atoms with van der Waals surface area (Å²) in [5, 5.41) is 8.23. The van der Waals surface area contributed by atoms with Gasteiger partial charge in [-0.05, 0) is 54.8 Å². The Morgan fingerprint density at radius 2 is 1.57 bits per heavy atom. The first-order valence-corrected chi connectivity index (χ1v) is 11.9. The number of anilines is 2. The van der Waals surface area contributed by atoms with Gasteiger partial charge < -0.3 is 20.7 Å². The van der Waals surface area contributed by atoms with E-state index in [1.165, 1.54) is 0 Å². The molecule has 1 saturated carbocycles. The fourth-order valence-corrected chi connectivity index (χ4v) is 4.72. The van der Waals surface area contributed by atoms with Crippen molar-refractivity contribution >= 4 is 35.1 Å². The van der Waals surface area contributed by atoms with E-state index in [4.69, 9.17) is 4.74 Å². The molecule has 9 heteroatoms. The average Bonchev–Trinajstić information content (AvgIpc) is 3.21. The van der Waals surface area contributed by atoms with Gasteiger partial charge in [0.1, 0.15) is 5.75 Å². The molecular formula is C26H30N4O5. The SMILES string of the molecule is COc1ccc(C2(C(=O)Nc3ccc(NC(=O)CCN4C(=O)CNC4=O)cc3)CCCCC2)cc1. The van der Waals surface area contributed by atoms with Crippen molar-refractivity contribution in [1.82, 2.24) is 10.2 Å². The summed E-state index contributed by atoms with van der Waals surface area (Å²) in [5.74, 6) is 0.0731. The van der Waals surface area contributed by atoms with Crippen molar-refractivity contribution in [1.29, 1.82) is 0 Å². The molecule has 1 heterocycles. The van der Waals surface area contributed by atoms with Gasteiger partial charge in [-0.25, -0.2) is 4.79 Å². The third-order valence-electron chi connectivity index (χ3n) is 6.71. The molecule has 0 radical (unpaired) electrons. The Hall–Kier alpha value is -3.88. The Kier molecular flexibility index (Phi) is 7.33. The Balaban J connectivity index is 1.37. The van der Waals surface area contributed by atoms with E-state index in [2.05, 4.69) is 16.0 Å². The van der Waals surface area contributed by atoms with Gasteiger partial charge in [0.15, 0.2) is 0 Å². The van der Waals surface area contributed by atoms with E-state index in [0.29, 0.717) is 11.4 Å². The molecule has 2 fully saturated rings. The maximum Gasteiger partial charge on any atom is 0.324 e. The minimum atomic E-state index is -0.587. The van der Waals surface area contributed by atoms with Crippen LogP contribution in [-0.2, 0) is 19.8 Å². The quantitative estimate of drug-likeness (QED) is 0.503. The zero-order valence-corrected chi connectivity index (χ0v) is 19.8. The molecule has 184 valence electrons. The van der Waals surface area contributed by atoms with E-state index in [-0.39, 0.29) is 37.2 Å². The Morgan fingerprint density at radius 1 is 0.943 bits per heavy atom. The van der Waals surface area contributed by atoms with Gasteiger partial charge >= 0.3 is 6.03 Å². The third-order valence-corrected chi connectivity index (χ3v) is 6.71. The fraction of sp³-hybridized carbons (Fsp3) is 0.385. The normalized spacial score (nSPS) is 17.0. The van der Waals surface area contributed by atoms with Crippen LogP contribution in [0.25, 0.3) is 0 Å². The molecule has 2 aliphatic rings. The van der Waals surface area contributed by atoms with Crippen LogP contribution >= 0.6 is 0 Å². The molecule has 1 aliphatic carbocycles. The van der Waals surface area contributed by atoms with Crippen molar-refractivity contribution < 1.29 is 23.9 Å². The molecule has 0 atom stereocenters.